The zero-order chi connectivity index (χ0) is 16.9. The summed E-state index contributed by atoms with van der Waals surface area (Å²) < 4.78 is 13.0. The fraction of sp³-hybridized carbons (Fsp3) is 0.526. The Kier molecular flexibility index (Phi) is 5.98. The highest BCUT2D eigenvalue weighted by Crippen LogP contribution is 2.23. The van der Waals surface area contributed by atoms with Gasteiger partial charge in [-0.2, -0.15) is 0 Å². The average molecular weight is 348 g/mol. The fourth-order valence-electron chi connectivity index (χ4n) is 3.22. The Bertz CT molecular complexity index is 634. The molecule has 1 aromatic carbocycles. The van der Waals surface area contributed by atoms with Crippen molar-refractivity contribution in [3.63, 3.8) is 0 Å². The van der Waals surface area contributed by atoms with Crippen LogP contribution < -0.4 is 0 Å². The van der Waals surface area contributed by atoms with Crippen molar-refractivity contribution in [3.8, 4) is 11.3 Å². The van der Waals surface area contributed by atoms with Crippen molar-refractivity contribution in [1.29, 1.82) is 0 Å². The molecular formula is C19H26FN3S. The van der Waals surface area contributed by atoms with Crippen molar-refractivity contribution >= 4 is 11.3 Å². The van der Waals surface area contributed by atoms with Gasteiger partial charge in [0.2, 0.25) is 0 Å². The summed E-state index contributed by atoms with van der Waals surface area (Å²) in [7, 11) is 2.16. The molecule has 1 aliphatic rings. The molecule has 5 heteroatoms. The molecule has 1 fully saturated rings. The van der Waals surface area contributed by atoms with E-state index in [0.29, 0.717) is 6.04 Å². The predicted molar refractivity (Wildman–Crippen MR) is 98.7 cm³/mol. The number of thiazole rings is 1. The maximum Gasteiger partial charge on any atom is 0.123 e. The lowest BCUT2D eigenvalue weighted by Crippen LogP contribution is -2.33. The third-order valence-corrected chi connectivity index (χ3v) is 5.62. The van der Waals surface area contributed by atoms with Crippen molar-refractivity contribution in [3.05, 3.63) is 40.5 Å². The summed E-state index contributed by atoms with van der Waals surface area (Å²) in [6.07, 6.45) is 3.91. The molecule has 2 heterocycles. The van der Waals surface area contributed by atoms with Gasteiger partial charge in [-0.3, -0.25) is 4.90 Å². The third-order valence-electron chi connectivity index (χ3n) is 4.79. The first-order chi connectivity index (χ1) is 11.6. The zero-order valence-electron chi connectivity index (χ0n) is 14.5. The number of benzene rings is 1. The molecule has 3 rings (SSSR count). The van der Waals surface area contributed by atoms with Crippen molar-refractivity contribution in [2.45, 2.75) is 38.8 Å². The van der Waals surface area contributed by atoms with E-state index in [1.165, 1.54) is 44.5 Å². The van der Waals surface area contributed by atoms with Crippen LogP contribution in [0, 0.1) is 5.82 Å². The van der Waals surface area contributed by atoms with Crippen LogP contribution in [0.5, 0.6) is 0 Å². The molecule has 0 saturated carbocycles. The highest BCUT2D eigenvalue weighted by atomic mass is 32.1. The van der Waals surface area contributed by atoms with E-state index in [9.17, 15) is 4.39 Å². The topological polar surface area (TPSA) is 19.4 Å². The molecule has 0 radical (unpaired) electrons. The molecule has 0 aliphatic carbocycles. The lowest BCUT2D eigenvalue weighted by molar-refractivity contribution is 0.215. The summed E-state index contributed by atoms with van der Waals surface area (Å²) in [6.45, 7) is 6.83. The first-order valence-electron chi connectivity index (χ1n) is 8.75. The van der Waals surface area contributed by atoms with Crippen LogP contribution in [0.4, 0.5) is 4.39 Å². The van der Waals surface area contributed by atoms with Gasteiger partial charge in [0.25, 0.3) is 0 Å². The van der Waals surface area contributed by atoms with Crippen LogP contribution in [0.15, 0.2) is 29.6 Å². The summed E-state index contributed by atoms with van der Waals surface area (Å²) in [5, 5.41) is 3.18. The van der Waals surface area contributed by atoms with Gasteiger partial charge in [-0.1, -0.05) is 0 Å². The second-order valence-electron chi connectivity index (χ2n) is 6.75. The SMILES string of the molecule is CC(CCN(C)Cc1nc(-c2ccc(F)cc2)cs1)N1CCCC1. The van der Waals surface area contributed by atoms with E-state index in [-0.39, 0.29) is 5.82 Å². The van der Waals surface area contributed by atoms with Crippen LogP contribution >= 0.6 is 11.3 Å². The maximum absolute atomic E-state index is 13.0. The van der Waals surface area contributed by atoms with E-state index >= 15 is 0 Å². The highest BCUT2D eigenvalue weighted by Gasteiger charge is 2.18. The molecule has 1 aliphatic heterocycles. The fourth-order valence-corrected chi connectivity index (χ4v) is 4.10. The van der Waals surface area contributed by atoms with Gasteiger partial charge in [0.05, 0.1) is 12.2 Å². The molecule has 1 saturated heterocycles. The van der Waals surface area contributed by atoms with Crippen LogP contribution in [0.25, 0.3) is 11.3 Å². The molecule has 0 amide bonds. The number of nitrogens with zero attached hydrogens (tertiary/aromatic N) is 3. The van der Waals surface area contributed by atoms with Crippen LogP contribution in [0.1, 0.15) is 31.2 Å². The molecule has 3 nitrogen and oxygen atoms in total. The molecule has 0 N–H and O–H groups in total. The minimum atomic E-state index is -0.207. The first-order valence-corrected chi connectivity index (χ1v) is 9.63. The molecule has 2 aromatic rings. The Morgan fingerprint density at radius 2 is 1.96 bits per heavy atom. The zero-order valence-corrected chi connectivity index (χ0v) is 15.4. The van der Waals surface area contributed by atoms with E-state index in [1.54, 1.807) is 23.5 Å². The maximum atomic E-state index is 13.0. The van der Waals surface area contributed by atoms with Crippen LogP contribution in [-0.2, 0) is 6.54 Å². The van der Waals surface area contributed by atoms with Crippen molar-refractivity contribution in [1.82, 2.24) is 14.8 Å². The Labute approximate surface area is 148 Å². The van der Waals surface area contributed by atoms with E-state index in [2.05, 4.69) is 29.2 Å². The standard InChI is InChI=1S/C19H26FN3S/c1-15(23-10-3-4-11-23)9-12-22(2)13-19-21-18(14-24-19)16-5-7-17(20)8-6-16/h5-8,14-15H,3-4,9-13H2,1-2H3. The molecule has 24 heavy (non-hydrogen) atoms. The average Bonchev–Trinajstić information content (AvgIpc) is 3.25. The van der Waals surface area contributed by atoms with Gasteiger partial charge in [-0.15, -0.1) is 11.3 Å². The van der Waals surface area contributed by atoms with Gasteiger partial charge >= 0.3 is 0 Å². The van der Waals surface area contributed by atoms with Crippen LogP contribution in [0.2, 0.25) is 0 Å². The minimum absolute atomic E-state index is 0.207. The summed E-state index contributed by atoms with van der Waals surface area (Å²) >= 11 is 1.68. The van der Waals surface area contributed by atoms with E-state index < -0.39 is 0 Å². The van der Waals surface area contributed by atoms with Crippen molar-refractivity contribution in [2.24, 2.45) is 0 Å². The van der Waals surface area contributed by atoms with E-state index in [0.717, 1.165) is 29.4 Å². The third kappa shape index (κ3) is 4.62. The monoisotopic (exact) mass is 347 g/mol. The van der Waals surface area contributed by atoms with Gasteiger partial charge in [-0.25, -0.2) is 9.37 Å². The Morgan fingerprint density at radius 1 is 1.25 bits per heavy atom. The lowest BCUT2D eigenvalue weighted by atomic mass is 10.2. The molecule has 130 valence electrons. The molecule has 1 unspecified atom stereocenters. The predicted octanol–water partition coefficient (Wildman–Crippen LogP) is 4.26. The van der Waals surface area contributed by atoms with Gasteiger partial charge in [-0.05, 0) is 77.1 Å². The van der Waals surface area contributed by atoms with Gasteiger partial charge in [0, 0.05) is 17.0 Å². The molecule has 0 spiro atoms. The first kappa shape index (κ1) is 17.5. The lowest BCUT2D eigenvalue weighted by Gasteiger charge is -2.25. The highest BCUT2D eigenvalue weighted by molar-refractivity contribution is 7.09. The largest absolute Gasteiger partial charge is 0.301 e. The quantitative estimate of drug-likeness (QED) is 0.746. The summed E-state index contributed by atoms with van der Waals surface area (Å²) in [4.78, 5) is 9.65. The minimum Gasteiger partial charge on any atom is -0.301 e. The van der Waals surface area contributed by atoms with Gasteiger partial charge < -0.3 is 4.90 Å². The second-order valence-corrected chi connectivity index (χ2v) is 7.69. The Balaban J connectivity index is 1.49. The number of rotatable bonds is 7. The number of aromatic nitrogens is 1. The number of halogens is 1. The smallest absolute Gasteiger partial charge is 0.123 e. The van der Waals surface area contributed by atoms with Gasteiger partial charge in [0.15, 0.2) is 0 Å². The molecular weight excluding hydrogens is 321 g/mol. The summed E-state index contributed by atoms with van der Waals surface area (Å²) in [6, 6.07) is 7.21. The summed E-state index contributed by atoms with van der Waals surface area (Å²) in [5.74, 6) is -0.207. The van der Waals surface area contributed by atoms with Crippen LogP contribution in [0.3, 0.4) is 0 Å². The van der Waals surface area contributed by atoms with Gasteiger partial charge in [0.1, 0.15) is 10.8 Å². The van der Waals surface area contributed by atoms with Crippen molar-refractivity contribution < 1.29 is 4.39 Å². The molecule has 1 atom stereocenters. The number of likely N-dealkylation sites (tertiary alicyclic amines) is 1. The van der Waals surface area contributed by atoms with Crippen LogP contribution in [-0.4, -0.2) is 47.5 Å². The van der Waals surface area contributed by atoms with E-state index in [1.807, 2.05) is 0 Å². The summed E-state index contributed by atoms with van der Waals surface area (Å²) in [5.41, 5.74) is 1.91. The second kappa shape index (κ2) is 8.19. The van der Waals surface area contributed by atoms with E-state index in [4.69, 9.17) is 4.98 Å². The molecule has 0 bridgehead atoms. The Morgan fingerprint density at radius 3 is 2.67 bits per heavy atom. The Hall–Kier alpha value is -1.30. The molecule has 1 aromatic heterocycles. The van der Waals surface area contributed by atoms with Crippen molar-refractivity contribution in [2.75, 3.05) is 26.7 Å². The number of hydrogen-bond acceptors (Lipinski definition) is 4. The number of hydrogen-bond donors (Lipinski definition) is 0. The normalized spacial score (nSPS) is 16.8.